The zero-order valence-electron chi connectivity index (χ0n) is 12.4. The third-order valence-electron chi connectivity index (χ3n) is 6.38. The van der Waals surface area contributed by atoms with Crippen LogP contribution in [0.2, 0.25) is 0 Å². The predicted molar refractivity (Wildman–Crippen MR) is 78.8 cm³/mol. The number of nitriles is 1. The first-order valence-corrected chi connectivity index (χ1v) is 8.23. The summed E-state index contributed by atoms with van der Waals surface area (Å²) < 4.78 is 0. The summed E-state index contributed by atoms with van der Waals surface area (Å²) in [5.74, 6) is 2.37. The summed E-state index contributed by atoms with van der Waals surface area (Å²) in [5, 5.41) is 9.17. The van der Waals surface area contributed by atoms with Gasteiger partial charge in [-0.05, 0) is 67.8 Å². The van der Waals surface area contributed by atoms with Crippen LogP contribution in [-0.2, 0) is 4.79 Å². The Bertz CT molecular complexity index is 497. The Morgan fingerprint density at radius 1 is 1.24 bits per heavy atom. The van der Waals surface area contributed by atoms with E-state index in [0.717, 1.165) is 37.0 Å². The molecule has 2 atom stereocenters. The third kappa shape index (κ3) is 1.94. The summed E-state index contributed by atoms with van der Waals surface area (Å²) in [4.78, 5) is 14.5. The van der Waals surface area contributed by atoms with Crippen molar-refractivity contribution < 1.29 is 4.79 Å². The van der Waals surface area contributed by atoms with E-state index in [-0.39, 0.29) is 11.3 Å². The molecule has 2 unspecified atom stereocenters. The smallest absolute Gasteiger partial charge is 0.241 e. The van der Waals surface area contributed by atoms with Crippen molar-refractivity contribution in [1.29, 1.82) is 5.26 Å². The van der Waals surface area contributed by atoms with Gasteiger partial charge < -0.3 is 10.6 Å². The van der Waals surface area contributed by atoms with Crippen LogP contribution >= 0.6 is 0 Å². The summed E-state index contributed by atoms with van der Waals surface area (Å²) >= 11 is 0. The number of hydrogen-bond donors (Lipinski definition) is 1. The van der Waals surface area contributed by atoms with Crippen LogP contribution in [0.25, 0.3) is 0 Å². The molecular formula is C17H23N3O. The first-order chi connectivity index (χ1) is 10.1. The van der Waals surface area contributed by atoms with Gasteiger partial charge in [-0.2, -0.15) is 5.26 Å². The van der Waals surface area contributed by atoms with Gasteiger partial charge in [0, 0.05) is 6.54 Å². The number of rotatable bonds is 2. The topological polar surface area (TPSA) is 70.1 Å². The first kappa shape index (κ1) is 13.3. The van der Waals surface area contributed by atoms with E-state index in [1.54, 1.807) is 4.90 Å². The highest BCUT2D eigenvalue weighted by molar-refractivity contribution is 5.84. The fraction of sp³-hybridized carbons (Fsp3) is 0.765. The van der Waals surface area contributed by atoms with Gasteiger partial charge in [-0.1, -0.05) is 6.08 Å². The molecule has 4 heteroatoms. The van der Waals surface area contributed by atoms with Crippen molar-refractivity contribution in [1.82, 2.24) is 4.90 Å². The van der Waals surface area contributed by atoms with Gasteiger partial charge in [0.15, 0.2) is 0 Å². The van der Waals surface area contributed by atoms with Crippen molar-refractivity contribution in [3.05, 3.63) is 12.2 Å². The van der Waals surface area contributed by atoms with Gasteiger partial charge in [0.05, 0.1) is 12.1 Å². The zero-order chi connectivity index (χ0) is 14.6. The zero-order valence-corrected chi connectivity index (χ0v) is 12.4. The van der Waals surface area contributed by atoms with Crippen LogP contribution in [0.15, 0.2) is 12.2 Å². The molecule has 0 aromatic heterocycles. The average molecular weight is 285 g/mol. The fourth-order valence-electron chi connectivity index (χ4n) is 5.86. The van der Waals surface area contributed by atoms with Crippen LogP contribution in [0.1, 0.15) is 38.5 Å². The molecule has 0 aromatic rings. The summed E-state index contributed by atoms with van der Waals surface area (Å²) in [5.41, 5.74) is 6.51. The lowest BCUT2D eigenvalue weighted by Gasteiger charge is -2.58. The normalized spacial score (nSPS) is 44.9. The van der Waals surface area contributed by atoms with Crippen molar-refractivity contribution in [3.8, 4) is 6.07 Å². The van der Waals surface area contributed by atoms with Gasteiger partial charge in [0.25, 0.3) is 0 Å². The minimum atomic E-state index is -0.419. The lowest BCUT2D eigenvalue weighted by atomic mass is 9.47. The van der Waals surface area contributed by atoms with Crippen LogP contribution in [-0.4, -0.2) is 29.4 Å². The molecule has 1 amide bonds. The van der Waals surface area contributed by atoms with Gasteiger partial charge >= 0.3 is 0 Å². The van der Waals surface area contributed by atoms with Crippen LogP contribution in [0.5, 0.6) is 0 Å². The molecule has 1 heterocycles. The van der Waals surface area contributed by atoms with E-state index in [2.05, 4.69) is 6.07 Å². The van der Waals surface area contributed by atoms with E-state index in [1.165, 1.54) is 19.3 Å². The Morgan fingerprint density at radius 3 is 2.33 bits per heavy atom. The highest BCUT2D eigenvalue weighted by atomic mass is 16.2. The maximum Gasteiger partial charge on any atom is 0.241 e. The van der Waals surface area contributed by atoms with Crippen molar-refractivity contribution in [3.63, 3.8) is 0 Å². The van der Waals surface area contributed by atoms with Crippen molar-refractivity contribution in [2.24, 2.45) is 28.9 Å². The van der Waals surface area contributed by atoms with Gasteiger partial charge in [-0.25, -0.2) is 0 Å². The number of carbonyl (C=O) groups excluding carboxylic acids is 1. The molecule has 4 bridgehead atoms. The minimum absolute atomic E-state index is 0.00602. The molecule has 1 aliphatic heterocycles. The Hall–Kier alpha value is -1.34. The minimum Gasteiger partial charge on any atom is -0.319 e. The fourth-order valence-corrected chi connectivity index (χ4v) is 5.86. The summed E-state index contributed by atoms with van der Waals surface area (Å²) in [6.45, 7) is 0.539. The molecule has 4 nitrogen and oxygen atoms in total. The Balaban J connectivity index is 1.56. The number of carbonyl (C=O) groups is 1. The van der Waals surface area contributed by atoms with Crippen LogP contribution in [0.3, 0.4) is 0 Å². The first-order valence-electron chi connectivity index (χ1n) is 8.23. The van der Waals surface area contributed by atoms with Crippen molar-refractivity contribution >= 4 is 5.91 Å². The average Bonchev–Trinajstić information content (AvgIpc) is 2.92. The number of amides is 1. The predicted octanol–water partition coefficient (Wildman–Crippen LogP) is 1.82. The SMILES string of the molecule is N#CC1C=CCN1C(=O)C(N)C12CC3CC(CC(C3)C1)C2. The monoisotopic (exact) mass is 285 g/mol. The van der Waals surface area contributed by atoms with E-state index in [4.69, 9.17) is 11.0 Å². The molecule has 4 fully saturated rings. The Kier molecular flexibility index (Phi) is 2.91. The highest BCUT2D eigenvalue weighted by Gasteiger charge is 2.55. The standard InChI is InChI=1S/C17H23N3O/c18-10-14-2-1-3-20(14)16(21)15(19)17-7-11-4-12(8-17)6-13(5-11)9-17/h1-2,11-15H,3-9,19H2. The molecule has 0 radical (unpaired) electrons. The number of nitrogens with zero attached hydrogens (tertiary/aromatic N) is 2. The lowest BCUT2D eigenvalue weighted by molar-refractivity contribution is -0.142. The van der Waals surface area contributed by atoms with E-state index in [1.807, 2.05) is 12.2 Å². The molecule has 2 N–H and O–H groups in total. The summed E-state index contributed by atoms with van der Waals surface area (Å²) in [6, 6.07) is 1.35. The van der Waals surface area contributed by atoms with Crippen molar-refractivity contribution in [2.45, 2.75) is 50.6 Å². The van der Waals surface area contributed by atoms with E-state index in [0.29, 0.717) is 6.54 Å². The molecule has 0 aromatic carbocycles. The largest absolute Gasteiger partial charge is 0.319 e. The molecule has 0 saturated heterocycles. The van der Waals surface area contributed by atoms with Gasteiger partial charge in [-0.3, -0.25) is 4.79 Å². The van der Waals surface area contributed by atoms with Crippen LogP contribution in [0.4, 0.5) is 0 Å². The quantitative estimate of drug-likeness (QED) is 0.787. The summed E-state index contributed by atoms with van der Waals surface area (Å²) in [6.07, 6.45) is 11.2. The second-order valence-electron chi connectivity index (χ2n) is 7.75. The highest BCUT2D eigenvalue weighted by Crippen LogP contribution is 2.61. The molecule has 112 valence electrons. The van der Waals surface area contributed by atoms with Gasteiger partial charge in [0.2, 0.25) is 5.91 Å². The number of hydrogen-bond acceptors (Lipinski definition) is 3. The van der Waals surface area contributed by atoms with E-state index < -0.39 is 12.1 Å². The van der Waals surface area contributed by atoms with Crippen LogP contribution < -0.4 is 5.73 Å². The molecule has 5 rings (SSSR count). The van der Waals surface area contributed by atoms with Gasteiger partial charge in [-0.15, -0.1) is 0 Å². The Labute approximate surface area is 126 Å². The molecule has 21 heavy (non-hydrogen) atoms. The maximum atomic E-state index is 12.8. The third-order valence-corrected chi connectivity index (χ3v) is 6.38. The van der Waals surface area contributed by atoms with Gasteiger partial charge in [0.1, 0.15) is 6.04 Å². The molecule has 4 aliphatic carbocycles. The molecule has 4 saturated carbocycles. The molecule has 0 spiro atoms. The van der Waals surface area contributed by atoms with E-state index >= 15 is 0 Å². The second kappa shape index (κ2) is 4.58. The lowest BCUT2D eigenvalue weighted by Crippen LogP contribution is -2.60. The Morgan fingerprint density at radius 2 is 1.81 bits per heavy atom. The van der Waals surface area contributed by atoms with Crippen molar-refractivity contribution in [2.75, 3.05) is 6.54 Å². The van der Waals surface area contributed by atoms with E-state index in [9.17, 15) is 4.79 Å². The molecule has 5 aliphatic rings. The molecular weight excluding hydrogens is 262 g/mol. The number of nitrogens with two attached hydrogens (primary N) is 1. The maximum absolute atomic E-state index is 12.8. The van der Waals surface area contributed by atoms with Crippen LogP contribution in [0, 0.1) is 34.5 Å². The second-order valence-corrected chi connectivity index (χ2v) is 7.75. The summed E-state index contributed by atoms with van der Waals surface area (Å²) in [7, 11) is 0.